The first-order valence-corrected chi connectivity index (χ1v) is 8.89. The van der Waals surface area contributed by atoms with Gasteiger partial charge in [0, 0.05) is 30.3 Å². The highest BCUT2D eigenvalue weighted by atomic mass is 31.2. The van der Waals surface area contributed by atoms with E-state index in [1.807, 2.05) is 0 Å². The van der Waals surface area contributed by atoms with Gasteiger partial charge in [0.15, 0.2) is 5.78 Å². The Hall–Kier alpha value is -2.41. The number of Topliss-reactive ketones (excluding diaryl/α,β-unsaturated/α-hetero) is 1. The maximum atomic E-state index is 11.8. The van der Waals surface area contributed by atoms with E-state index in [1.165, 1.54) is 11.6 Å². The molecular formula is C15H15N4O4P. The number of fused-ring (bicyclic) bond motifs is 1. The molecule has 2 aromatic heterocycles. The van der Waals surface area contributed by atoms with Crippen molar-refractivity contribution in [1.82, 2.24) is 19.7 Å². The minimum Gasteiger partial charge on any atom is -0.323 e. The van der Waals surface area contributed by atoms with Gasteiger partial charge in [-0.3, -0.25) is 14.0 Å². The van der Waals surface area contributed by atoms with Crippen LogP contribution in [-0.2, 0) is 10.9 Å². The van der Waals surface area contributed by atoms with Crippen LogP contribution in [-0.4, -0.2) is 35.3 Å². The van der Waals surface area contributed by atoms with Crippen LogP contribution in [0, 0.1) is 6.92 Å². The molecule has 3 aromatic rings. The normalized spacial score (nSPS) is 11.8. The topological polar surface area (TPSA) is 118 Å². The number of benzene rings is 1. The number of rotatable bonds is 4. The highest BCUT2D eigenvalue weighted by Crippen LogP contribution is 2.38. The van der Waals surface area contributed by atoms with Crippen molar-refractivity contribution in [3.63, 3.8) is 0 Å². The van der Waals surface area contributed by atoms with Crippen LogP contribution in [0.3, 0.4) is 0 Å². The summed E-state index contributed by atoms with van der Waals surface area (Å²) in [5, 5.41) is 4.60. The van der Waals surface area contributed by atoms with Gasteiger partial charge in [0.2, 0.25) is 0 Å². The Morgan fingerprint density at radius 3 is 2.46 bits per heavy atom. The summed E-state index contributed by atoms with van der Waals surface area (Å²) in [5.74, 6) is 0.375. The molecule has 8 nitrogen and oxygen atoms in total. The molecule has 0 unspecified atom stereocenters. The van der Waals surface area contributed by atoms with Gasteiger partial charge >= 0.3 is 7.60 Å². The molecule has 0 aliphatic heterocycles. The Morgan fingerprint density at radius 2 is 1.88 bits per heavy atom. The van der Waals surface area contributed by atoms with Crippen molar-refractivity contribution in [1.29, 1.82) is 0 Å². The molecule has 0 amide bonds. The van der Waals surface area contributed by atoms with Crippen molar-refractivity contribution in [2.45, 2.75) is 20.1 Å². The molecule has 9 heteroatoms. The maximum Gasteiger partial charge on any atom is 0.346 e. The van der Waals surface area contributed by atoms with Crippen molar-refractivity contribution < 1.29 is 19.1 Å². The largest absolute Gasteiger partial charge is 0.346 e. The van der Waals surface area contributed by atoms with Gasteiger partial charge in [-0.05, 0) is 24.6 Å². The van der Waals surface area contributed by atoms with E-state index in [4.69, 9.17) is 0 Å². The summed E-state index contributed by atoms with van der Waals surface area (Å²) < 4.78 is 12.4. The van der Waals surface area contributed by atoms with Crippen LogP contribution in [0.2, 0.25) is 0 Å². The van der Waals surface area contributed by atoms with Gasteiger partial charge in [0.25, 0.3) is 0 Å². The smallest absolute Gasteiger partial charge is 0.323 e. The molecule has 0 spiro atoms. The number of carbonyl (C=O) groups is 1. The third kappa shape index (κ3) is 3.26. The summed E-state index contributed by atoms with van der Waals surface area (Å²) >= 11 is 0. The van der Waals surface area contributed by atoms with Gasteiger partial charge in [0.05, 0.1) is 5.52 Å². The first-order valence-electron chi connectivity index (χ1n) is 7.10. The molecule has 24 heavy (non-hydrogen) atoms. The predicted octanol–water partition coefficient (Wildman–Crippen LogP) is 2.14. The molecule has 0 saturated heterocycles. The van der Waals surface area contributed by atoms with Crippen LogP contribution in [0.1, 0.15) is 23.2 Å². The lowest BCUT2D eigenvalue weighted by molar-refractivity contribution is 0.101. The number of carbonyl (C=O) groups excluding carboxylic acids is 1. The Balaban J connectivity index is 2.18. The van der Waals surface area contributed by atoms with Crippen LogP contribution < -0.4 is 0 Å². The number of ketones is 1. The Bertz CT molecular complexity index is 975. The first-order chi connectivity index (χ1) is 11.2. The van der Waals surface area contributed by atoms with Crippen LogP contribution in [0.25, 0.3) is 22.0 Å². The summed E-state index contributed by atoms with van der Waals surface area (Å²) in [4.78, 5) is 38.5. The molecule has 2 heterocycles. The molecule has 3 rings (SSSR count). The van der Waals surface area contributed by atoms with E-state index >= 15 is 0 Å². The fourth-order valence-electron chi connectivity index (χ4n) is 2.44. The molecule has 1 aromatic carbocycles. The van der Waals surface area contributed by atoms with Crippen LogP contribution in [0.4, 0.5) is 0 Å². The fourth-order valence-corrected chi connectivity index (χ4v) is 3.01. The summed E-state index contributed by atoms with van der Waals surface area (Å²) in [7, 11) is -4.32. The SMILES string of the molecule is CC(=O)c1nn(CP(=O)(O)O)c2ccc(-c3cnc(C)nc3)cc12. The van der Waals surface area contributed by atoms with Crippen LogP contribution in [0.15, 0.2) is 30.6 Å². The minimum atomic E-state index is -4.32. The van der Waals surface area contributed by atoms with Crippen LogP contribution in [0.5, 0.6) is 0 Å². The van der Waals surface area contributed by atoms with Crippen molar-refractivity contribution in [2.24, 2.45) is 0 Å². The molecule has 2 N–H and O–H groups in total. The molecule has 0 aliphatic rings. The summed E-state index contributed by atoms with van der Waals surface area (Å²) in [5.41, 5.74) is 2.23. The quantitative estimate of drug-likeness (QED) is 0.549. The average molecular weight is 346 g/mol. The molecule has 124 valence electrons. The minimum absolute atomic E-state index is 0.174. The van der Waals surface area contributed by atoms with E-state index in [9.17, 15) is 19.1 Å². The molecular weight excluding hydrogens is 331 g/mol. The monoisotopic (exact) mass is 346 g/mol. The third-order valence-electron chi connectivity index (χ3n) is 3.52. The second-order valence-corrected chi connectivity index (χ2v) is 7.07. The maximum absolute atomic E-state index is 11.8. The van der Waals surface area contributed by atoms with Gasteiger partial charge in [0.1, 0.15) is 17.8 Å². The van der Waals surface area contributed by atoms with Crippen LogP contribution >= 0.6 is 7.60 Å². The number of hydrogen-bond acceptors (Lipinski definition) is 5. The molecule has 0 fully saturated rings. The number of aryl methyl sites for hydroxylation is 1. The van der Waals surface area contributed by atoms with E-state index in [0.29, 0.717) is 16.7 Å². The molecule has 0 saturated carbocycles. The lowest BCUT2D eigenvalue weighted by Gasteiger charge is -2.06. The number of nitrogens with zero attached hydrogens (tertiary/aromatic N) is 4. The fraction of sp³-hybridized carbons (Fsp3) is 0.200. The number of hydrogen-bond donors (Lipinski definition) is 2. The van der Waals surface area contributed by atoms with E-state index in [0.717, 1.165) is 11.1 Å². The second-order valence-electron chi connectivity index (χ2n) is 5.46. The summed E-state index contributed by atoms with van der Waals surface area (Å²) in [6.45, 7) is 3.15. The molecule has 0 atom stereocenters. The third-order valence-corrected chi connectivity index (χ3v) is 4.15. The van der Waals surface area contributed by atoms with Crippen molar-refractivity contribution in [2.75, 3.05) is 0 Å². The molecule has 0 bridgehead atoms. The zero-order valence-corrected chi connectivity index (χ0v) is 13.9. The average Bonchev–Trinajstić information content (AvgIpc) is 2.84. The van der Waals surface area contributed by atoms with Crippen molar-refractivity contribution in [3.8, 4) is 11.1 Å². The Morgan fingerprint density at radius 1 is 1.21 bits per heavy atom. The Kier molecular flexibility index (Phi) is 4.04. The lowest BCUT2D eigenvalue weighted by Crippen LogP contribution is -2.02. The summed E-state index contributed by atoms with van der Waals surface area (Å²) in [6, 6.07) is 5.21. The van der Waals surface area contributed by atoms with Gasteiger partial charge in [-0.15, -0.1) is 0 Å². The summed E-state index contributed by atoms with van der Waals surface area (Å²) in [6.07, 6.45) is 2.78. The Labute approximate surface area is 137 Å². The van der Waals surface area contributed by atoms with Crippen molar-refractivity contribution >= 4 is 24.3 Å². The lowest BCUT2D eigenvalue weighted by atomic mass is 10.0. The highest BCUT2D eigenvalue weighted by Gasteiger charge is 2.21. The van der Waals surface area contributed by atoms with Gasteiger partial charge in [-0.25, -0.2) is 9.97 Å². The van der Waals surface area contributed by atoms with Crippen molar-refractivity contribution in [3.05, 3.63) is 42.1 Å². The first kappa shape index (κ1) is 16.4. The zero-order valence-electron chi connectivity index (χ0n) is 13.0. The molecule has 0 radical (unpaired) electrons. The van der Waals surface area contributed by atoms with E-state index in [1.54, 1.807) is 37.5 Å². The number of aromatic nitrogens is 4. The van der Waals surface area contributed by atoms with E-state index in [2.05, 4.69) is 15.1 Å². The standard InChI is InChI=1S/C15H15N4O4P/c1-9(20)15-13-5-11(12-6-16-10(2)17-7-12)3-4-14(13)19(18-15)8-24(21,22)23/h3-7H,8H2,1-2H3,(H2,21,22,23). The highest BCUT2D eigenvalue weighted by molar-refractivity contribution is 7.50. The molecule has 0 aliphatic carbocycles. The second kappa shape index (κ2) is 5.90. The van der Waals surface area contributed by atoms with E-state index < -0.39 is 13.9 Å². The predicted molar refractivity (Wildman–Crippen MR) is 87.5 cm³/mol. The zero-order chi connectivity index (χ0) is 17.5. The van der Waals surface area contributed by atoms with Gasteiger partial charge in [-0.1, -0.05) is 6.07 Å². The van der Waals surface area contributed by atoms with E-state index in [-0.39, 0.29) is 11.5 Å². The van der Waals surface area contributed by atoms with Gasteiger partial charge in [-0.2, -0.15) is 5.10 Å². The van der Waals surface area contributed by atoms with Gasteiger partial charge < -0.3 is 9.79 Å².